The average Bonchev–Trinajstić information content (AvgIpc) is 2.49. The SMILES string of the molecule is CC1(C)O[C@H]2C(=O)C(C(N)=O)C(=O)[C@@H]2O1. The lowest BCUT2D eigenvalue weighted by molar-refractivity contribution is -0.168. The minimum absolute atomic E-state index is 0.594. The number of hydrogen-bond acceptors (Lipinski definition) is 5. The highest BCUT2D eigenvalue weighted by Crippen LogP contribution is 2.36. The fraction of sp³-hybridized carbons (Fsp3) is 0.667. The molecule has 6 nitrogen and oxygen atoms in total. The fourth-order valence-corrected chi connectivity index (χ4v) is 1.93. The fourth-order valence-electron chi connectivity index (χ4n) is 1.93. The number of ether oxygens (including phenoxy) is 2. The molecule has 2 aliphatic rings. The van der Waals surface area contributed by atoms with Crippen LogP contribution in [0.25, 0.3) is 0 Å². The highest BCUT2D eigenvalue weighted by molar-refractivity contribution is 6.26. The van der Waals surface area contributed by atoms with Gasteiger partial charge in [-0.2, -0.15) is 0 Å². The van der Waals surface area contributed by atoms with Gasteiger partial charge in [-0.3, -0.25) is 14.4 Å². The number of primary amides is 1. The van der Waals surface area contributed by atoms with Gasteiger partial charge in [0.05, 0.1) is 0 Å². The molecular formula is C9H11NO5. The number of carbonyl (C=O) groups excluding carboxylic acids is 3. The van der Waals surface area contributed by atoms with Crippen LogP contribution in [0, 0.1) is 5.92 Å². The molecule has 0 aromatic rings. The van der Waals surface area contributed by atoms with E-state index in [0.717, 1.165) is 0 Å². The van der Waals surface area contributed by atoms with E-state index in [1.54, 1.807) is 13.8 Å². The van der Waals surface area contributed by atoms with E-state index in [9.17, 15) is 14.4 Å². The van der Waals surface area contributed by atoms with Crippen molar-refractivity contribution < 1.29 is 23.9 Å². The lowest BCUT2D eigenvalue weighted by Gasteiger charge is -2.18. The van der Waals surface area contributed by atoms with Crippen LogP contribution in [0.4, 0.5) is 0 Å². The predicted octanol–water partition coefficient (Wildman–Crippen LogP) is -1.24. The largest absolute Gasteiger partial charge is 0.369 e. The Morgan fingerprint density at radius 2 is 1.60 bits per heavy atom. The number of fused-ring (bicyclic) bond motifs is 1. The van der Waals surface area contributed by atoms with Crippen LogP contribution in [0.5, 0.6) is 0 Å². The van der Waals surface area contributed by atoms with Gasteiger partial charge in [0, 0.05) is 0 Å². The van der Waals surface area contributed by atoms with E-state index in [2.05, 4.69) is 0 Å². The Morgan fingerprint density at radius 1 is 1.20 bits per heavy atom. The van der Waals surface area contributed by atoms with Crippen LogP contribution in [-0.4, -0.2) is 35.5 Å². The first kappa shape index (κ1) is 10.3. The van der Waals surface area contributed by atoms with E-state index < -0.39 is 41.4 Å². The van der Waals surface area contributed by atoms with Crippen LogP contribution in [0.3, 0.4) is 0 Å². The number of nitrogens with two attached hydrogens (primary N) is 1. The Hall–Kier alpha value is -1.27. The van der Waals surface area contributed by atoms with Crippen molar-refractivity contribution in [2.45, 2.75) is 31.8 Å². The molecule has 2 N–H and O–H groups in total. The van der Waals surface area contributed by atoms with Crippen LogP contribution in [0.1, 0.15) is 13.8 Å². The molecule has 0 radical (unpaired) electrons. The normalized spacial score (nSPS) is 34.5. The third-order valence-corrected chi connectivity index (χ3v) is 2.51. The van der Waals surface area contributed by atoms with Gasteiger partial charge in [0.25, 0.3) is 0 Å². The summed E-state index contributed by atoms with van der Waals surface area (Å²) in [5.74, 6) is -4.50. The molecule has 1 saturated carbocycles. The van der Waals surface area contributed by atoms with E-state index in [1.165, 1.54) is 0 Å². The highest BCUT2D eigenvalue weighted by Gasteiger charge is 2.60. The molecular weight excluding hydrogens is 202 g/mol. The first-order valence-corrected chi connectivity index (χ1v) is 4.56. The Labute approximate surface area is 85.7 Å². The smallest absolute Gasteiger partial charge is 0.235 e. The third kappa shape index (κ3) is 1.37. The molecule has 2 fully saturated rings. The Bertz CT molecular complexity index is 336. The number of carbonyl (C=O) groups is 3. The van der Waals surface area contributed by atoms with Crippen molar-refractivity contribution in [3.63, 3.8) is 0 Å². The van der Waals surface area contributed by atoms with E-state index in [1.807, 2.05) is 0 Å². The van der Waals surface area contributed by atoms with Crippen molar-refractivity contribution in [1.29, 1.82) is 0 Å². The predicted molar refractivity (Wildman–Crippen MR) is 46.5 cm³/mol. The van der Waals surface area contributed by atoms with Gasteiger partial charge < -0.3 is 15.2 Å². The summed E-state index contributed by atoms with van der Waals surface area (Å²) >= 11 is 0. The van der Waals surface area contributed by atoms with Gasteiger partial charge in [0.2, 0.25) is 5.91 Å². The van der Waals surface area contributed by atoms with Crippen molar-refractivity contribution in [2.24, 2.45) is 11.7 Å². The quantitative estimate of drug-likeness (QED) is 0.549. The zero-order valence-corrected chi connectivity index (χ0v) is 8.35. The van der Waals surface area contributed by atoms with Crippen LogP contribution in [0.2, 0.25) is 0 Å². The molecule has 0 unspecified atom stereocenters. The topological polar surface area (TPSA) is 95.7 Å². The van der Waals surface area contributed by atoms with Gasteiger partial charge in [-0.05, 0) is 13.8 Å². The summed E-state index contributed by atoms with van der Waals surface area (Å²) < 4.78 is 10.5. The summed E-state index contributed by atoms with van der Waals surface area (Å²) in [6.45, 7) is 3.20. The molecule has 1 saturated heterocycles. The van der Waals surface area contributed by atoms with Crippen molar-refractivity contribution >= 4 is 17.5 Å². The highest BCUT2D eigenvalue weighted by atomic mass is 16.8. The minimum atomic E-state index is -1.41. The van der Waals surface area contributed by atoms with Crippen LogP contribution < -0.4 is 5.73 Å². The molecule has 15 heavy (non-hydrogen) atoms. The number of amides is 1. The van der Waals surface area contributed by atoms with E-state index in [4.69, 9.17) is 15.2 Å². The second-order valence-corrected chi connectivity index (χ2v) is 4.12. The maximum Gasteiger partial charge on any atom is 0.235 e. The summed E-state index contributed by atoms with van der Waals surface area (Å²) in [7, 11) is 0. The minimum Gasteiger partial charge on any atom is -0.369 e. The summed E-state index contributed by atoms with van der Waals surface area (Å²) in [4.78, 5) is 34.1. The van der Waals surface area contributed by atoms with Gasteiger partial charge >= 0.3 is 0 Å². The third-order valence-electron chi connectivity index (χ3n) is 2.51. The van der Waals surface area contributed by atoms with Crippen LogP contribution in [-0.2, 0) is 23.9 Å². The lowest BCUT2D eigenvalue weighted by Crippen LogP contribution is -2.37. The number of hydrogen-bond donors (Lipinski definition) is 1. The van der Waals surface area contributed by atoms with Gasteiger partial charge in [0.15, 0.2) is 35.5 Å². The van der Waals surface area contributed by atoms with Gasteiger partial charge in [0.1, 0.15) is 0 Å². The molecule has 0 aromatic heterocycles. The van der Waals surface area contributed by atoms with Crippen molar-refractivity contribution in [3.05, 3.63) is 0 Å². The van der Waals surface area contributed by atoms with E-state index >= 15 is 0 Å². The molecule has 1 heterocycles. The summed E-state index contributed by atoms with van der Waals surface area (Å²) in [6.07, 6.45) is -1.96. The lowest BCUT2D eigenvalue weighted by atomic mass is 10.1. The molecule has 0 spiro atoms. The molecule has 2 atom stereocenters. The van der Waals surface area contributed by atoms with Crippen molar-refractivity contribution in [3.8, 4) is 0 Å². The van der Waals surface area contributed by atoms with Gasteiger partial charge in [-0.15, -0.1) is 0 Å². The Morgan fingerprint density at radius 3 is 1.93 bits per heavy atom. The van der Waals surface area contributed by atoms with Crippen LogP contribution >= 0.6 is 0 Å². The zero-order valence-electron chi connectivity index (χ0n) is 8.35. The summed E-state index contributed by atoms with van der Waals surface area (Å²) in [6, 6.07) is 0. The number of rotatable bonds is 1. The molecule has 1 amide bonds. The Balaban J connectivity index is 2.30. The first-order valence-electron chi connectivity index (χ1n) is 4.56. The van der Waals surface area contributed by atoms with Gasteiger partial charge in [-0.25, -0.2) is 0 Å². The number of ketones is 2. The standard InChI is InChI=1S/C9H11NO5/c1-9(2)14-6-4(11)3(8(10)13)5(12)7(6)15-9/h3,6-7H,1-2H3,(H2,10,13)/t6-,7-/m0/s1. The molecule has 0 aromatic carbocycles. The molecule has 1 aliphatic carbocycles. The average molecular weight is 213 g/mol. The van der Waals surface area contributed by atoms with Crippen molar-refractivity contribution in [1.82, 2.24) is 0 Å². The number of Topliss-reactive ketones (excluding diaryl/α,β-unsaturated/α-hetero) is 2. The maximum absolute atomic E-state index is 11.6. The monoisotopic (exact) mass is 213 g/mol. The molecule has 1 aliphatic heterocycles. The van der Waals surface area contributed by atoms with Crippen LogP contribution in [0.15, 0.2) is 0 Å². The summed E-state index contributed by atoms with van der Waals surface area (Å²) in [5.41, 5.74) is 4.96. The van der Waals surface area contributed by atoms with E-state index in [-0.39, 0.29) is 0 Å². The van der Waals surface area contributed by atoms with E-state index in [0.29, 0.717) is 0 Å². The molecule has 0 bridgehead atoms. The Kier molecular flexibility index (Phi) is 1.96. The molecule has 2 rings (SSSR count). The molecule has 82 valence electrons. The second kappa shape index (κ2) is 2.86. The van der Waals surface area contributed by atoms with Gasteiger partial charge in [-0.1, -0.05) is 0 Å². The zero-order chi connectivity index (χ0) is 11.4. The molecule has 6 heteroatoms. The first-order chi connectivity index (χ1) is 6.83. The summed E-state index contributed by atoms with van der Waals surface area (Å²) in [5, 5.41) is 0. The second-order valence-electron chi connectivity index (χ2n) is 4.12. The maximum atomic E-state index is 11.6. The van der Waals surface area contributed by atoms with Crippen molar-refractivity contribution in [2.75, 3.05) is 0 Å².